The Kier molecular flexibility index (Phi) is 7.16. The molecule has 10 nitrogen and oxygen atoms in total. The predicted molar refractivity (Wildman–Crippen MR) is 96.6 cm³/mol. The zero-order valence-corrected chi connectivity index (χ0v) is 16.1. The highest BCUT2D eigenvalue weighted by Gasteiger charge is 2.22. The van der Waals surface area contributed by atoms with E-state index in [2.05, 4.69) is 5.32 Å². The summed E-state index contributed by atoms with van der Waals surface area (Å²) in [5, 5.41) is 13.6. The van der Waals surface area contributed by atoms with Crippen molar-refractivity contribution in [3.05, 3.63) is 33.4 Å². The molecule has 1 aromatic rings. The van der Waals surface area contributed by atoms with E-state index in [9.17, 15) is 19.7 Å². The molecular formula is C18H24N2O8. The second kappa shape index (κ2) is 9.36. The Morgan fingerprint density at radius 1 is 1.32 bits per heavy atom. The Morgan fingerprint density at radius 3 is 2.75 bits per heavy atom. The highest BCUT2D eigenvalue weighted by molar-refractivity contribution is 5.70. The molecular weight excluding hydrogens is 372 g/mol. The SMILES string of the molecule is CC(C)(C)OC(=O)NCCCC(=O)OCc1cc([N+](=O)[O-])cc2c1OCOC2. The van der Waals surface area contributed by atoms with E-state index in [1.54, 1.807) is 20.8 Å². The fourth-order valence-electron chi connectivity index (χ4n) is 2.46. The molecule has 10 heteroatoms. The van der Waals surface area contributed by atoms with Crippen molar-refractivity contribution in [1.29, 1.82) is 0 Å². The number of amides is 1. The lowest BCUT2D eigenvalue weighted by Crippen LogP contribution is -2.33. The minimum absolute atomic E-state index is 0.0299. The van der Waals surface area contributed by atoms with E-state index in [-0.39, 0.29) is 38.7 Å². The number of carbonyl (C=O) groups is 2. The number of nitro groups is 1. The number of rotatable bonds is 7. The molecule has 154 valence electrons. The smallest absolute Gasteiger partial charge is 0.407 e. The number of benzene rings is 1. The van der Waals surface area contributed by atoms with Crippen LogP contribution in [0.1, 0.15) is 44.7 Å². The number of non-ortho nitro benzene ring substituents is 1. The van der Waals surface area contributed by atoms with E-state index >= 15 is 0 Å². The van der Waals surface area contributed by atoms with E-state index in [4.69, 9.17) is 18.9 Å². The van der Waals surface area contributed by atoms with Crippen molar-refractivity contribution in [2.24, 2.45) is 0 Å². The molecule has 28 heavy (non-hydrogen) atoms. The Labute approximate surface area is 162 Å². The molecule has 1 heterocycles. The largest absolute Gasteiger partial charge is 0.467 e. The van der Waals surface area contributed by atoms with Crippen LogP contribution in [0.25, 0.3) is 0 Å². The molecule has 0 fully saturated rings. The van der Waals surface area contributed by atoms with E-state index in [1.165, 1.54) is 12.1 Å². The summed E-state index contributed by atoms with van der Waals surface area (Å²) in [5.41, 5.74) is 0.231. The van der Waals surface area contributed by atoms with Crippen LogP contribution in [0.5, 0.6) is 5.75 Å². The summed E-state index contributed by atoms with van der Waals surface area (Å²) in [5.74, 6) is -0.0467. The maximum Gasteiger partial charge on any atom is 0.407 e. The van der Waals surface area contributed by atoms with Crippen molar-refractivity contribution in [2.45, 2.75) is 52.4 Å². The third-order valence-corrected chi connectivity index (χ3v) is 3.60. The van der Waals surface area contributed by atoms with Crippen LogP contribution in [0.2, 0.25) is 0 Å². The van der Waals surface area contributed by atoms with Crippen LogP contribution in [0.4, 0.5) is 10.5 Å². The van der Waals surface area contributed by atoms with E-state index in [1.807, 2.05) is 0 Å². The molecule has 0 saturated heterocycles. The van der Waals surface area contributed by atoms with Crippen molar-refractivity contribution in [3.63, 3.8) is 0 Å². The maximum atomic E-state index is 11.9. The van der Waals surface area contributed by atoms with Crippen LogP contribution >= 0.6 is 0 Å². The van der Waals surface area contributed by atoms with Gasteiger partial charge in [0, 0.05) is 36.2 Å². The van der Waals surface area contributed by atoms with Crippen molar-refractivity contribution in [2.75, 3.05) is 13.3 Å². The van der Waals surface area contributed by atoms with Crippen LogP contribution in [0.15, 0.2) is 12.1 Å². The number of fused-ring (bicyclic) bond motifs is 1. The summed E-state index contributed by atoms with van der Waals surface area (Å²) in [6.45, 7) is 5.60. The van der Waals surface area contributed by atoms with Gasteiger partial charge in [-0.25, -0.2) is 4.79 Å². The summed E-state index contributed by atoms with van der Waals surface area (Å²) < 4.78 is 20.8. The number of nitrogens with zero attached hydrogens (tertiary/aromatic N) is 1. The molecule has 1 aliphatic rings. The van der Waals surface area contributed by atoms with Crippen LogP contribution in [0, 0.1) is 10.1 Å². The average molecular weight is 396 g/mol. The number of esters is 1. The molecule has 0 radical (unpaired) electrons. The molecule has 1 aromatic carbocycles. The predicted octanol–water partition coefficient (Wildman–Crippen LogP) is 2.81. The first-order chi connectivity index (χ1) is 13.2. The first-order valence-corrected chi connectivity index (χ1v) is 8.79. The molecule has 1 N–H and O–H groups in total. The number of nitro benzene ring substituents is 1. The van der Waals surface area contributed by atoms with Gasteiger partial charge >= 0.3 is 12.1 Å². The van der Waals surface area contributed by atoms with Gasteiger partial charge in [-0.15, -0.1) is 0 Å². The van der Waals surface area contributed by atoms with E-state index in [0.717, 1.165) is 0 Å². The van der Waals surface area contributed by atoms with E-state index in [0.29, 0.717) is 23.3 Å². The van der Waals surface area contributed by atoms with Gasteiger partial charge in [-0.3, -0.25) is 14.9 Å². The fourth-order valence-corrected chi connectivity index (χ4v) is 2.46. The highest BCUT2D eigenvalue weighted by atomic mass is 16.7. The summed E-state index contributed by atoms with van der Waals surface area (Å²) in [6, 6.07) is 2.70. The minimum atomic E-state index is -0.590. The molecule has 0 atom stereocenters. The zero-order chi connectivity index (χ0) is 20.7. The van der Waals surface area contributed by atoms with Gasteiger partial charge in [-0.05, 0) is 27.2 Å². The van der Waals surface area contributed by atoms with Crippen molar-refractivity contribution >= 4 is 17.7 Å². The Balaban J connectivity index is 1.82. The second-order valence-corrected chi connectivity index (χ2v) is 7.15. The van der Waals surface area contributed by atoms with Gasteiger partial charge in [0.2, 0.25) is 0 Å². The van der Waals surface area contributed by atoms with Gasteiger partial charge in [-0.2, -0.15) is 0 Å². The number of ether oxygens (including phenoxy) is 4. The Morgan fingerprint density at radius 2 is 2.07 bits per heavy atom. The van der Waals surface area contributed by atoms with Crippen LogP contribution in [-0.4, -0.2) is 35.9 Å². The molecule has 0 aliphatic carbocycles. The summed E-state index contributed by atoms with van der Waals surface area (Å²) in [4.78, 5) is 34.0. The lowest BCUT2D eigenvalue weighted by Gasteiger charge is -2.20. The molecule has 0 unspecified atom stereocenters. The monoisotopic (exact) mass is 396 g/mol. The molecule has 0 bridgehead atoms. The number of nitrogens with one attached hydrogen (secondary N) is 1. The van der Waals surface area contributed by atoms with E-state index < -0.39 is 22.6 Å². The summed E-state index contributed by atoms with van der Waals surface area (Å²) in [6.07, 6.45) is -0.102. The van der Waals surface area contributed by atoms with Gasteiger partial charge < -0.3 is 24.3 Å². The number of hydrogen-bond acceptors (Lipinski definition) is 8. The van der Waals surface area contributed by atoms with Crippen LogP contribution in [0.3, 0.4) is 0 Å². The highest BCUT2D eigenvalue weighted by Crippen LogP contribution is 2.33. The number of alkyl carbamates (subject to hydrolysis) is 1. The lowest BCUT2D eigenvalue weighted by molar-refractivity contribution is -0.385. The maximum absolute atomic E-state index is 11.9. The van der Waals surface area contributed by atoms with Gasteiger partial charge in [0.1, 0.15) is 18.0 Å². The van der Waals surface area contributed by atoms with Gasteiger partial charge in [0.15, 0.2) is 6.79 Å². The molecule has 0 aromatic heterocycles. The van der Waals surface area contributed by atoms with Crippen molar-refractivity contribution in [3.8, 4) is 5.75 Å². The molecule has 1 aliphatic heterocycles. The number of hydrogen-bond donors (Lipinski definition) is 1. The standard InChI is InChI=1S/C18H24N2O8/c1-18(2,3)28-17(22)19-6-4-5-15(21)26-10-13-8-14(20(23)24)7-12-9-25-11-27-16(12)13/h7-8H,4-6,9-11H2,1-3H3,(H,19,22). The molecule has 2 rings (SSSR count). The Bertz CT molecular complexity index is 742. The first-order valence-electron chi connectivity index (χ1n) is 8.79. The first kappa shape index (κ1) is 21.4. The minimum Gasteiger partial charge on any atom is -0.467 e. The normalized spacial score (nSPS) is 13.1. The fraction of sp³-hybridized carbons (Fsp3) is 0.556. The van der Waals surface area contributed by atoms with Crippen LogP contribution < -0.4 is 10.1 Å². The lowest BCUT2D eigenvalue weighted by atomic mass is 10.1. The van der Waals surface area contributed by atoms with Crippen LogP contribution in [-0.2, 0) is 32.2 Å². The average Bonchev–Trinajstić information content (AvgIpc) is 2.61. The molecule has 0 saturated carbocycles. The quantitative estimate of drug-likeness (QED) is 0.323. The summed E-state index contributed by atoms with van der Waals surface area (Å²) in [7, 11) is 0. The zero-order valence-electron chi connectivity index (χ0n) is 16.1. The third kappa shape index (κ3) is 6.69. The number of carbonyl (C=O) groups excluding carboxylic acids is 2. The van der Waals surface area contributed by atoms with Gasteiger partial charge in [-0.1, -0.05) is 0 Å². The topological polar surface area (TPSA) is 126 Å². The van der Waals surface area contributed by atoms with Gasteiger partial charge in [0.05, 0.1) is 11.5 Å². The summed E-state index contributed by atoms with van der Waals surface area (Å²) >= 11 is 0. The molecule has 1 amide bonds. The second-order valence-electron chi connectivity index (χ2n) is 7.15. The Hall–Kier alpha value is -2.88. The third-order valence-electron chi connectivity index (χ3n) is 3.60. The van der Waals surface area contributed by atoms with Crippen molar-refractivity contribution < 1.29 is 33.5 Å². The van der Waals surface area contributed by atoms with Gasteiger partial charge in [0.25, 0.3) is 5.69 Å². The molecule has 0 spiro atoms. The van der Waals surface area contributed by atoms with Crippen molar-refractivity contribution in [1.82, 2.24) is 5.32 Å².